The number of halogens is 1. The fraction of sp³-hybridized carbons (Fsp3) is 0.316. The van der Waals surface area contributed by atoms with Crippen molar-refractivity contribution in [1.82, 2.24) is 5.32 Å². The summed E-state index contributed by atoms with van der Waals surface area (Å²) in [7, 11) is 0. The minimum atomic E-state index is -0.796. The van der Waals surface area contributed by atoms with Gasteiger partial charge in [0.2, 0.25) is 0 Å². The molecule has 2 aromatic carbocycles. The summed E-state index contributed by atoms with van der Waals surface area (Å²) in [5, 5.41) is 13.0. The lowest BCUT2D eigenvalue weighted by Gasteiger charge is -2.19. The topological polar surface area (TPSA) is 58.6 Å². The predicted octanol–water partition coefficient (Wildman–Crippen LogP) is 4.72. The third kappa shape index (κ3) is 4.98. The Hall–Kier alpha value is -2.04. The van der Waals surface area contributed by atoms with E-state index < -0.39 is 11.4 Å². The Morgan fingerprint density at radius 1 is 1.17 bits per heavy atom. The van der Waals surface area contributed by atoms with Gasteiger partial charge in [-0.25, -0.2) is 0 Å². The molecule has 2 N–H and O–H groups in total. The minimum absolute atomic E-state index is 0.511. The maximum absolute atomic E-state index is 11.1. The summed E-state index contributed by atoms with van der Waals surface area (Å²) in [6.45, 7) is 4.53. The van der Waals surface area contributed by atoms with Crippen LogP contribution >= 0.6 is 11.6 Å². The highest BCUT2D eigenvalue weighted by atomic mass is 35.5. The van der Waals surface area contributed by atoms with E-state index in [1.807, 2.05) is 48.5 Å². The zero-order valence-electron chi connectivity index (χ0n) is 13.9. The first-order valence-corrected chi connectivity index (χ1v) is 8.22. The molecule has 0 aliphatic rings. The number of nitrogens with one attached hydrogen (secondary N) is 1. The monoisotopic (exact) mass is 347 g/mol. The molecule has 0 atom stereocenters. The van der Waals surface area contributed by atoms with Crippen LogP contribution < -0.4 is 10.1 Å². The van der Waals surface area contributed by atoms with Crippen LogP contribution in [0.25, 0.3) is 0 Å². The van der Waals surface area contributed by atoms with Gasteiger partial charge in [0.15, 0.2) is 0 Å². The average Bonchev–Trinajstić information content (AvgIpc) is 2.54. The summed E-state index contributed by atoms with van der Waals surface area (Å²) < 4.78 is 5.91. The van der Waals surface area contributed by atoms with Crippen LogP contribution in [0.15, 0.2) is 48.5 Å². The number of carboxylic acids is 1. The molecule has 2 aromatic rings. The second kappa shape index (κ2) is 8.18. The molecule has 4 nitrogen and oxygen atoms in total. The highest BCUT2D eigenvalue weighted by Crippen LogP contribution is 2.30. The molecule has 0 heterocycles. The van der Waals surface area contributed by atoms with Crippen LogP contribution in [0.5, 0.6) is 11.5 Å². The molecule has 0 aliphatic carbocycles. The van der Waals surface area contributed by atoms with Crippen LogP contribution in [-0.4, -0.2) is 17.6 Å². The number of ether oxygens (including phenoxy) is 1. The molecule has 0 amide bonds. The van der Waals surface area contributed by atoms with E-state index in [9.17, 15) is 4.79 Å². The molecule has 0 saturated heterocycles. The largest absolute Gasteiger partial charge is 0.481 e. The summed E-state index contributed by atoms with van der Waals surface area (Å²) in [6, 6.07) is 15.0. The van der Waals surface area contributed by atoms with E-state index in [2.05, 4.69) is 5.32 Å². The first kappa shape index (κ1) is 18.3. The molecule has 128 valence electrons. The summed E-state index contributed by atoms with van der Waals surface area (Å²) in [4.78, 5) is 11.1. The number of hydrogen-bond donors (Lipinski definition) is 2. The molecule has 24 heavy (non-hydrogen) atoms. The lowest BCUT2D eigenvalue weighted by molar-refractivity contribution is -0.147. The lowest BCUT2D eigenvalue weighted by Crippen LogP contribution is -2.28. The second-order valence-electron chi connectivity index (χ2n) is 6.25. The SMILES string of the molecule is CC(C)(CCNCc1c(Cl)cccc1Oc1ccccc1)C(=O)O. The van der Waals surface area contributed by atoms with Gasteiger partial charge in [-0.05, 0) is 51.1 Å². The Bertz CT molecular complexity index is 686. The summed E-state index contributed by atoms with van der Waals surface area (Å²) in [5.74, 6) is 0.641. The molecule has 2 rings (SSSR count). The van der Waals surface area contributed by atoms with E-state index in [1.165, 1.54) is 0 Å². The first-order chi connectivity index (χ1) is 11.4. The number of carbonyl (C=O) groups is 1. The van der Waals surface area contributed by atoms with Gasteiger partial charge < -0.3 is 15.2 Å². The van der Waals surface area contributed by atoms with Gasteiger partial charge >= 0.3 is 5.97 Å². The highest BCUT2D eigenvalue weighted by Gasteiger charge is 2.26. The van der Waals surface area contributed by atoms with Crippen molar-refractivity contribution in [3.8, 4) is 11.5 Å². The summed E-state index contributed by atoms with van der Waals surface area (Å²) >= 11 is 6.30. The van der Waals surface area contributed by atoms with Crippen LogP contribution in [0.1, 0.15) is 25.8 Å². The van der Waals surface area contributed by atoms with Crippen LogP contribution in [-0.2, 0) is 11.3 Å². The number of rotatable bonds is 8. The quantitative estimate of drug-likeness (QED) is 0.678. The molecule has 0 radical (unpaired) electrons. The van der Waals surface area contributed by atoms with E-state index >= 15 is 0 Å². The Morgan fingerprint density at radius 3 is 2.54 bits per heavy atom. The van der Waals surface area contributed by atoms with E-state index in [0.29, 0.717) is 30.3 Å². The van der Waals surface area contributed by atoms with Crippen molar-refractivity contribution in [3.05, 3.63) is 59.1 Å². The van der Waals surface area contributed by atoms with Crippen molar-refractivity contribution < 1.29 is 14.6 Å². The van der Waals surface area contributed by atoms with Gasteiger partial charge in [-0.2, -0.15) is 0 Å². The fourth-order valence-electron chi connectivity index (χ4n) is 2.14. The first-order valence-electron chi connectivity index (χ1n) is 7.84. The molecular formula is C19H22ClNO3. The van der Waals surface area contributed by atoms with Gasteiger partial charge in [0, 0.05) is 17.1 Å². The van der Waals surface area contributed by atoms with E-state index in [-0.39, 0.29) is 0 Å². The number of benzene rings is 2. The van der Waals surface area contributed by atoms with Crippen molar-refractivity contribution in [2.75, 3.05) is 6.54 Å². The molecule has 0 saturated carbocycles. The highest BCUT2D eigenvalue weighted by molar-refractivity contribution is 6.31. The summed E-state index contributed by atoms with van der Waals surface area (Å²) in [5.41, 5.74) is 0.104. The van der Waals surface area contributed by atoms with Gasteiger partial charge in [-0.15, -0.1) is 0 Å². The van der Waals surface area contributed by atoms with Gasteiger partial charge in [0.25, 0.3) is 0 Å². The van der Waals surface area contributed by atoms with E-state index in [4.69, 9.17) is 21.4 Å². The fourth-order valence-corrected chi connectivity index (χ4v) is 2.38. The Morgan fingerprint density at radius 2 is 1.88 bits per heavy atom. The third-order valence-electron chi connectivity index (χ3n) is 3.85. The number of aliphatic carboxylic acids is 1. The number of para-hydroxylation sites is 1. The smallest absolute Gasteiger partial charge is 0.309 e. The van der Waals surface area contributed by atoms with Crippen molar-refractivity contribution in [2.45, 2.75) is 26.8 Å². The minimum Gasteiger partial charge on any atom is -0.481 e. The Kier molecular flexibility index (Phi) is 6.23. The Labute approximate surface area is 147 Å². The number of carboxylic acid groups (broad SMARTS) is 1. The standard InChI is InChI=1S/C19H22ClNO3/c1-19(2,18(22)23)11-12-21-13-15-16(20)9-6-10-17(15)24-14-7-4-3-5-8-14/h3-10,21H,11-13H2,1-2H3,(H,22,23). The molecule has 0 aromatic heterocycles. The van der Waals surface area contributed by atoms with Gasteiger partial charge in [-0.3, -0.25) is 4.79 Å². The average molecular weight is 348 g/mol. The predicted molar refractivity (Wildman–Crippen MR) is 95.7 cm³/mol. The maximum Gasteiger partial charge on any atom is 0.309 e. The van der Waals surface area contributed by atoms with Crippen molar-refractivity contribution in [3.63, 3.8) is 0 Å². The molecule has 0 spiro atoms. The zero-order chi connectivity index (χ0) is 17.6. The van der Waals surface area contributed by atoms with Crippen LogP contribution in [0.4, 0.5) is 0 Å². The van der Waals surface area contributed by atoms with Gasteiger partial charge in [0.1, 0.15) is 11.5 Å². The molecule has 0 unspecified atom stereocenters. The maximum atomic E-state index is 11.1. The van der Waals surface area contributed by atoms with Crippen LogP contribution in [0.2, 0.25) is 5.02 Å². The number of hydrogen-bond acceptors (Lipinski definition) is 3. The molecule has 0 fully saturated rings. The molecular weight excluding hydrogens is 326 g/mol. The normalized spacial score (nSPS) is 11.3. The van der Waals surface area contributed by atoms with Gasteiger partial charge in [0.05, 0.1) is 5.41 Å². The molecule has 0 bridgehead atoms. The van der Waals surface area contributed by atoms with E-state index in [0.717, 1.165) is 11.3 Å². The van der Waals surface area contributed by atoms with E-state index in [1.54, 1.807) is 13.8 Å². The second-order valence-corrected chi connectivity index (χ2v) is 6.65. The van der Waals surface area contributed by atoms with Crippen molar-refractivity contribution in [2.24, 2.45) is 5.41 Å². The Balaban J connectivity index is 2.01. The van der Waals surface area contributed by atoms with Crippen LogP contribution in [0.3, 0.4) is 0 Å². The summed E-state index contributed by atoms with van der Waals surface area (Å²) in [6.07, 6.45) is 0.529. The zero-order valence-corrected chi connectivity index (χ0v) is 14.6. The molecule has 5 heteroatoms. The lowest BCUT2D eigenvalue weighted by atomic mass is 9.90. The molecule has 0 aliphatic heterocycles. The van der Waals surface area contributed by atoms with Crippen LogP contribution in [0, 0.1) is 5.41 Å². The van der Waals surface area contributed by atoms with Crippen molar-refractivity contribution in [1.29, 1.82) is 0 Å². The van der Waals surface area contributed by atoms with Crippen molar-refractivity contribution >= 4 is 17.6 Å². The van der Waals surface area contributed by atoms with Gasteiger partial charge in [-0.1, -0.05) is 35.9 Å². The third-order valence-corrected chi connectivity index (χ3v) is 4.21.